The van der Waals surface area contributed by atoms with Crippen molar-refractivity contribution in [1.29, 1.82) is 0 Å². The number of amides is 2. The summed E-state index contributed by atoms with van der Waals surface area (Å²) in [7, 11) is 0. The first-order valence-corrected chi connectivity index (χ1v) is 5.45. The van der Waals surface area contributed by atoms with Crippen molar-refractivity contribution in [2.75, 3.05) is 13.2 Å². The molecule has 17 heavy (non-hydrogen) atoms. The third-order valence-electron chi connectivity index (χ3n) is 1.80. The molecule has 92 valence electrons. The summed E-state index contributed by atoms with van der Waals surface area (Å²) in [5, 5.41) is 2.45. The van der Waals surface area contributed by atoms with Crippen LogP contribution in [0.4, 0.5) is 9.18 Å². The third-order valence-corrected chi connectivity index (χ3v) is 2.50. The first-order valence-electron chi connectivity index (χ1n) is 4.66. The lowest BCUT2D eigenvalue weighted by molar-refractivity contribution is 0.0935. The van der Waals surface area contributed by atoms with Gasteiger partial charge in [-0.1, -0.05) is 0 Å². The zero-order chi connectivity index (χ0) is 12.8. The highest BCUT2D eigenvalue weighted by molar-refractivity contribution is 9.10. The van der Waals surface area contributed by atoms with Gasteiger partial charge in [-0.05, 0) is 34.1 Å². The summed E-state index contributed by atoms with van der Waals surface area (Å²) in [6, 6.07) is 3.77. The predicted molar refractivity (Wildman–Crippen MR) is 62.0 cm³/mol. The number of carbonyl (C=O) groups excluding carboxylic acids is 2. The summed E-state index contributed by atoms with van der Waals surface area (Å²) in [5.41, 5.74) is 4.90. The van der Waals surface area contributed by atoms with Crippen LogP contribution in [-0.2, 0) is 4.74 Å². The molecule has 0 saturated carbocycles. The van der Waals surface area contributed by atoms with Gasteiger partial charge in [0.25, 0.3) is 5.91 Å². The molecule has 0 bridgehead atoms. The van der Waals surface area contributed by atoms with Crippen LogP contribution in [0.2, 0.25) is 0 Å². The summed E-state index contributed by atoms with van der Waals surface area (Å²) in [6.45, 7) is 0.0682. The molecule has 7 heteroatoms. The number of hydrogen-bond acceptors (Lipinski definition) is 3. The topological polar surface area (TPSA) is 81.4 Å². The molecule has 0 unspecified atom stereocenters. The fraction of sp³-hybridized carbons (Fsp3) is 0.200. The number of halogens is 2. The molecule has 0 aliphatic carbocycles. The lowest BCUT2D eigenvalue weighted by atomic mass is 10.2. The van der Waals surface area contributed by atoms with E-state index >= 15 is 0 Å². The summed E-state index contributed by atoms with van der Waals surface area (Å²) < 4.78 is 17.8. The number of primary amides is 1. The maximum Gasteiger partial charge on any atom is 0.404 e. The van der Waals surface area contributed by atoms with Crippen LogP contribution < -0.4 is 11.1 Å². The second-order valence-electron chi connectivity index (χ2n) is 3.05. The molecular formula is C10H10BrFN2O3. The molecule has 0 aliphatic heterocycles. The van der Waals surface area contributed by atoms with Crippen molar-refractivity contribution in [3.8, 4) is 0 Å². The van der Waals surface area contributed by atoms with Crippen molar-refractivity contribution in [3.05, 3.63) is 34.1 Å². The fourth-order valence-corrected chi connectivity index (χ4v) is 1.51. The minimum Gasteiger partial charge on any atom is -0.448 e. The van der Waals surface area contributed by atoms with E-state index in [1.54, 1.807) is 0 Å². The Kier molecular flexibility index (Phi) is 4.89. The molecule has 0 spiro atoms. The van der Waals surface area contributed by atoms with Gasteiger partial charge in [0.2, 0.25) is 0 Å². The van der Waals surface area contributed by atoms with Gasteiger partial charge in [0.05, 0.1) is 12.1 Å². The largest absolute Gasteiger partial charge is 0.448 e. The minimum atomic E-state index is -0.911. The number of benzene rings is 1. The summed E-state index contributed by atoms with van der Waals surface area (Å²) in [5.74, 6) is -0.976. The Morgan fingerprint density at radius 2 is 2.18 bits per heavy atom. The second kappa shape index (κ2) is 6.19. The van der Waals surface area contributed by atoms with Crippen LogP contribution in [0, 0.1) is 5.82 Å². The monoisotopic (exact) mass is 304 g/mol. The standard InChI is InChI=1S/C10H10BrFN2O3/c11-8-2-1-6(12)5-7(8)9(15)14-3-4-17-10(13)16/h1-2,5H,3-4H2,(H2,13,16)(H,14,15). The molecule has 0 fully saturated rings. The Balaban J connectivity index is 2.52. The number of nitrogens with one attached hydrogen (secondary N) is 1. The van der Waals surface area contributed by atoms with E-state index < -0.39 is 17.8 Å². The smallest absolute Gasteiger partial charge is 0.404 e. The number of rotatable bonds is 4. The minimum absolute atomic E-state index is 0.0337. The quantitative estimate of drug-likeness (QED) is 0.825. The lowest BCUT2D eigenvalue weighted by Crippen LogP contribution is -2.29. The van der Waals surface area contributed by atoms with E-state index in [1.807, 2.05) is 0 Å². The Bertz CT molecular complexity index is 440. The van der Waals surface area contributed by atoms with Crippen LogP contribution in [0.25, 0.3) is 0 Å². The summed E-state index contributed by atoms with van der Waals surface area (Å²) in [6.07, 6.45) is -0.911. The van der Waals surface area contributed by atoms with Crippen molar-refractivity contribution in [2.24, 2.45) is 5.73 Å². The van der Waals surface area contributed by atoms with Gasteiger partial charge in [-0.25, -0.2) is 9.18 Å². The van der Waals surface area contributed by atoms with E-state index in [1.165, 1.54) is 12.1 Å². The molecule has 0 aromatic heterocycles. The average Bonchev–Trinajstić information content (AvgIpc) is 2.27. The first-order chi connectivity index (χ1) is 8.00. The van der Waals surface area contributed by atoms with Gasteiger partial charge in [0, 0.05) is 4.47 Å². The molecule has 0 aliphatic rings. The van der Waals surface area contributed by atoms with Crippen molar-refractivity contribution in [1.82, 2.24) is 5.32 Å². The van der Waals surface area contributed by atoms with Crippen LogP contribution in [0.15, 0.2) is 22.7 Å². The van der Waals surface area contributed by atoms with E-state index in [-0.39, 0.29) is 18.7 Å². The van der Waals surface area contributed by atoms with Crippen LogP contribution in [0.5, 0.6) is 0 Å². The maximum absolute atomic E-state index is 12.9. The van der Waals surface area contributed by atoms with E-state index in [2.05, 4.69) is 26.0 Å². The van der Waals surface area contributed by atoms with Crippen LogP contribution in [0.1, 0.15) is 10.4 Å². The molecule has 1 rings (SSSR count). The van der Waals surface area contributed by atoms with Crippen LogP contribution in [0.3, 0.4) is 0 Å². The fourth-order valence-electron chi connectivity index (χ4n) is 1.08. The van der Waals surface area contributed by atoms with E-state index in [4.69, 9.17) is 5.73 Å². The number of hydrogen-bond donors (Lipinski definition) is 2. The van der Waals surface area contributed by atoms with Crippen molar-refractivity contribution in [2.45, 2.75) is 0 Å². The van der Waals surface area contributed by atoms with Gasteiger partial charge in [0.15, 0.2) is 0 Å². The highest BCUT2D eigenvalue weighted by atomic mass is 79.9. The SMILES string of the molecule is NC(=O)OCCNC(=O)c1cc(F)ccc1Br. The molecule has 0 saturated heterocycles. The molecular weight excluding hydrogens is 295 g/mol. The third kappa shape index (κ3) is 4.39. The second-order valence-corrected chi connectivity index (χ2v) is 3.90. The molecule has 2 amide bonds. The highest BCUT2D eigenvalue weighted by Gasteiger charge is 2.10. The maximum atomic E-state index is 12.9. The molecule has 0 atom stereocenters. The highest BCUT2D eigenvalue weighted by Crippen LogP contribution is 2.17. The Labute approximate surface area is 105 Å². The van der Waals surface area contributed by atoms with Crippen LogP contribution >= 0.6 is 15.9 Å². The van der Waals surface area contributed by atoms with E-state index in [9.17, 15) is 14.0 Å². The zero-order valence-electron chi connectivity index (χ0n) is 8.70. The normalized spacial score (nSPS) is 9.76. The Morgan fingerprint density at radius 3 is 2.82 bits per heavy atom. The number of carbonyl (C=O) groups is 2. The number of ether oxygens (including phenoxy) is 1. The average molecular weight is 305 g/mol. The molecule has 1 aromatic rings. The van der Waals surface area contributed by atoms with Gasteiger partial charge in [-0.15, -0.1) is 0 Å². The van der Waals surface area contributed by atoms with Crippen LogP contribution in [-0.4, -0.2) is 25.2 Å². The predicted octanol–water partition coefficient (Wildman–Crippen LogP) is 1.41. The van der Waals surface area contributed by atoms with Gasteiger partial charge in [-0.2, -0.15) is 0 Å². The molecule has 1 aromatic carbocycles. The first kappa shape index (κ1) is 13.4. The van der Waals surface area contributed by atoms with Crippen molar-refractivity contribution in [3.63, 3.8) is 0 Å². The van der Waals surface area contributed by atoms with Crippen molar-refractivity contribution >= 4 is 27.9 Å². The molecule has 5 nitrogen and oxygen atoms in total. The zero-order valence-corrected chi connectivity index (χ0v) is 10.3. The van der Waals surface area contributed by atoms with Gasteiger partial charge in [-0.3, -0.25) is 4.79 Å². The van der Waals surface area contributed by atoms with Gasteiger partial charge >= 0.3 is 6.09 Å². The Hall–Kier alpha value is -1.63. The van der Waals surface area contributed by atoms with Gasteiger partial charge < -0.3 is 15.8 Å². The van der Waals surface area contributed by atoms with Gasteiger partial charge in [0.1, 0.15) is 12.4 Å². The summed E-state index contributed by atoms with van der Waals surface area (Å²) >= 11 is 3.13. The van der Waals surface area contributed by atoms with E-state index in [0.29, 0.717) is 4.47 Å². The van der Waals surface area contributed by atoms with Crippen molar-refractivity contribution < 1.29 is 18.7 Å². The Morgan fingerprint density at radius 1 is 1.47 bits per heavy atom. The molecule has 0 radical (unpaired) electrons. The molecule has 3 N–H and O–H groups in total. The number of nitrogens with two attached hydrogens (primary N) is 1. The summed E-state index contributed by atoms with van der Waals surface area (Å²) in [4.78, 5) is 21.8. The lowest BCUT2D eigenvalue weighted by Gasteiger charge is -2.06. The molecule has 0 heterocycles. The van der Waals surface area contributed by atoms with E-state index in [0.717, 1.165) is 6.07 Å².